The van der Waals surface area contributed by atoms with Crippen LogP contribution in [-0.4, -0.2) is 25.0 Å². The second kappa shape index (κ2) is 7.86. The highest BCUT2D eigenvalue weighted by Gasteiger charge is 1.93. The predicted octanol–water partition coefficient (Wildman–Crippen LogP) is 0.519. The molecule has 0 aromatic rings. The molecule has 0 N–H and O–H groups in total. The summed E-state index contributed by atoms with van der Waals surface area (Å²) in [6.45, 7) is 2.62. The molecule has 0 aromatic carbocycles. The van der Waals surface area contributed by atoms with Gasteiger partial charge < -0.3 is 14.4 Å². The van der Waals surface area contributed by atoms with E-state index in [1.807, 2.05) is 6.92 Å². The molecular weight excluding hydrogens is 163 g/mol. The molecule has 1 unspecified atom stereocenters. The molecule has 0 radical (unpaired) electrons. The fraction of sp³-hybridized carbons (Fsp3) is 0.714. The number of carbonyl (C=O) groups is 1. The largest absolute Gasteiger partial charge is 0.629 e. The van der Waals surface area contributed by atoms with Crippen molar-refractivity contribution in [2.45, 2.75) is 19.8 Å². The summed E-state index contributed by atoms with van der Waals surface area (Å²) in [6.07, 6.45) is 2.16. The average Bonchev–Trinajstić information content (AvgIpc) is 2.01. The van der Waals surface area contributed by atoms with Crippen molar-refractivity contribution in [3.05, 3.63) is 0 Å². The lowest BCUT2D eigenvalue weighted by atomic mass is 10.5. The summed E-state index contributed by atoms with van der Waals surface area (Å²) >= 11 is 0. The van der Waals surface area contributed by atoms with Gasteiger partial charge in [-0.1, -0.05) is 6.92 Å². The molecule has 0 saturated heterocycles. The SMILES string of the molecule is CCCOC[P+]([O-])=CCC=O. The molecule has 0 aromatic heterocycles. The maximum Gasteiger partial charge on any atom is 0.200 e. The molecule has 0 aliphatic heterocycles. The molecule has 0 fully saturated rings. The van der Waals surface area contributed by atoms with Crippen LogP contribution < -0.4 is 4.89 Å². The monoisotopic (exact) mass is 176 g/mol. The highest BCUT2D eigenvalue weighted by molar-refractivity contribution is 7.49. The fourth-order valence-corrected chi connectivity index (χ4v) is 1.25. The maximum absolute atomic E-state index is 10.9. The lowest BCUT2D eigenvalue weighted by Gasteiger charge is -1.98. The van der Waals surface area contributed by atoms with E-state index < -0.39 is 7.77 Å². The highest BCUT2D eigenvalue weighted by Crippen LogP contribution is 2.08. The van der Waals surface area contributed by atoms with Crippen molar-refractivity contribution in [3.63, 3.8) is 0 Å². The molecule has 0 bridgehead atoms. The Morgan fingerprint density at radius 3 is 2.91 bits per heavy atom. The normalized spacial score (nSPS) is 11.6. The number of hydrogen-bond acceptors (Lipinski definition) is 3. The zero-order valence-corrected chi connectivity index (χ0v) is 7.55. The molecule has 3 nitrogen and oxygen atoms in total. The molecule has 0 amide bonds. The Hall–Kier alpha value is -0.240. The van der Waals surface area contributed by atoms with Crippen molar-refractivity contribution < 1.29 is 14.4 Å². The first kappa shape index (κ1) is 10.8. The van der Waals surface area contributed by atoms with Gasteiger partial charge in [-0.15, -0.1) is 0 Å². The van der Waals surface area contributed by atoms with Crippen LogP contribution in [0.2, 0.25) is 0 Å². The van der Waals surface area contributed by atoms with Crippen LogP contribution in [0.15, 0.2) is 0 Å². The summed E-state index contributed by atoms with van der Waals surface area (Å²) in [5, 5.41) is 0. The van der Waals surface area contributed by atoms with Crippen LogP contribution in [0, 0.1) is 0 Å². The molecule has 4 heteroatoms. The average molecular weight is 176 g/mol. The number of carbonyl (C=O) groups excluding carboxylic acids is 1. The maximum atomic E-state index is 10.9. The zero-order chi connectivity index (χ0) is 8.53. The molecule has 0 rings (SSSR count). The van der Waals surface area contributed by atoms with Crippen LogP contribution in [0.3, 0.4) is 0 Å². The Labute approximate surface area is 67.8 Å². The van der Waals surface area contributed by atoms with E-state index in [1.54, 1.807) is 0 Å². The number of ether oxygens (including phenoxy) is 1. The van der Waals surface area contributed by atoms with Crippen LogP contribution in [-0.2, 0) is 9.53 Å². The minimum absolute atomic E-state index is 0.247. The first-order valence-corrected chi connectivity index (χ1v) is 5.11. The summed E-state index contributed by atoms with van der Waals surface area (Å²) in [6, 6.07) is 0. The highest BCUT2D eigenvalue weighted by atomic mass is 31.1. The molecule has 0 spiro atoms. The Kier molecular flexibility index (Phi) is 7.69. The van der Waals surface area contributed by atoms with Crippen molar-refractivity contribution >= 4 is 19.9 Å². The fourth-order valence-electron chi connectivity index (χ4n) is 0.512. The summed E-state index contributed by atoms with van der Waals surface area (Å²) in [5.41, 5.74) is 0. The summed E-state index contributed by atoms with van der Waals surface area (Å²) in [7, 11) is -1.43. The van der Waals surface area contributed by atoms with Crippen molar-refractivity contribution in [1.29, 1.82) is 0 Å². The van der Waals surface area contributed by atoms with E-state index in [2.05, 4.69) is 0 Å². The van der Waals surface area contributed by atoms with Gasteiger partial charge in [0.05, 0.1) is 26.6 Å². The Morgan fingerprint density at radius 1 is 1.64 bits per heavy atom. The van der Waals surface area contributed by atoms with Gasteiger partial charge in [-0.3, -0.25) is 0 Å². The first-order valence-electron chi connectivity index (χ1n) is 3.59. The molecule has 0 saturated carbocycles. The summed E-state index contributed by atoms with van der Waals surface area (Å²) in [4.78, 5) is 20.7. The topological polar surface area (TPSA) is 49.4 Å². The second-order valence-electron chi connectivity index (χ2n) is 2.04. The number of aldehydes is 1. The van der Waals surface area contributed by atoms with Gasteiger partial charge in [0.25, 0.3) is 0 Å². The summed E-state index contributed by atoms with van der Waals surface area (Å²) < 4.78 is 5.01. The van der Waals surface area contributed by atoms with Gasteiger partial charge >= 0.3 is 0 Å². The van der Waals surface area contributed by atoms with Gasteiger partial charge in [-0.25, -0.2) is 0 Å². The number of rotatable bonds is 6. The van der Waals surface area contributed by atoms with Crippen LogP contribution in [0.5, 0.6) is 0 Å². The smallest absolute Gasteiger partial charge is 0.200 e. The van der Waals surface area contributed by atoms with E-state index in [0.29, 0.717) is 6.61 Å². The Morgan fingerprint density at radius 2 is 2.36 bits per heavy atom. The molecule has 0 heterocycles. The van der Waals surface area contributed by atoms with Crippen LogP contribution in [0.1, 0.15) is 19.8 Å². The second-order valence-corrected chi connectivity index (χ2v) is 3.50. The van der Waals surface area contributed by atoms with Crippen molar-refractivity contribution in [3.8, 4) is 0 Å². The van der Waals surface area contributed by atoms with Crippen molar-refractivity contribution in [1.82, 2.24) is 0 Å². The van der Waals surface area contributed by atoms with E-state index in [-0.39, 0.29) is 12.8 Å². The molecule has 1 atom stereocenters. The Balaban J connectivity index is 3.34. The predicted molar refractivity (Wildman–Crippen MR) is 44.8 cm³/mol. The van der Waals surface area contributed by atoms with Gasteiger partial charge in [0.1, 0.15) is 6.29 Å². The first-order chi connectivity index (χ1) is 5.31. The third-order valence-corrected chi connectivity index (χ3v) is 2.03. The third kappa shape index (κ3) is 7.66. The third-order valence-electron chi connectivity index (χ3n) is 0.972. The molecule has 0 aliphatic carbocycles. The van der Waals surface area contributed by atoms with Gasteiger partial charge in [-0.05, 0) is 6.42 Å². The van der Waals surface area contributed by atoms with E-state index in [0.717, 1.165) is 12.7 Å². The lowest BCUT2D eigenvalue weighted by Crippen LogP contribution is -2.00. The molecule has 0 aliphatic rings. The summed E-state index contributed by atoms with van der Waals surface area (Å²) in [5.74, 6) is 1.48. The minimum Gasteiger partial charge on any atom is -0.629 e. The van der Waals surface area contributed by atoms with Crippen molar-refractivity contribution in [2.24, 2.45) is 0 Å². The van der Waals surface area contributed by atoms with Gasteiger partial charge in [0.2, 0.25) is 6.35 Å². The van der Waals surface area contributed by atoms with Crippen LogP contribution >= 0.6 is 7.77 Å². The molecule has 11 heavy (non-hydrogen) atoms. The van der Waals surface area contributed by atoms with E-state index >= 15 is 0 Å². The van der Waals surface area contributed by atoms with Gasteiger partial charge in [-0.2, -0.15) is 0 Å². The molecule has 64 valence electrons. The van der Waals surface area contributed by atoms with Crippen LogP contribution in [0.25, 0.3) is 0 Å². The molecular formula is C7H13O3P. The number of hydrogen-bond donors (Lipinski definition) is 0. The quantitative estimate of drug-likeness (QED) is 0.337. The minimum atomic E-state index is -1.43. The van der Waals surface area contributed by atoms with Gasteiger partial charge in [0.15, 0.2) is 0 Å². The van der Waals surface area contributed by atoms with E-state index in [9.17, 15) is 9.69 Å². The van der Waals surface area contributed by atoms with E-state index in [1.165, 1.54) is 5.80 Å². The Bertz CT molecular complexity index is 134. The standard InChI is InChI=1S/C7H13O3P/c1-2-5-10-7-11(9)6-3-4-8/h4,6H,2-3,5,7H2,1H3. The van der Waals surface area contributed by atoms with Crippen molar-refractivity contribution in [2.75, 3.05) is 13.0 Å². The van der Waals surface area contributed by atoms with Gasteiger partial charge in [0, 0.05) is 0 Å². The zero-order valence-electron chi connectivity index (χ0n) is 6.66. The van der Waals surface area contributed by atoms with E-state index in [4.69, 9.17) is 4.74 Å². The lowest BCUT2D eigenvalue weighted by molar-refractivity contribution is -0.157. The van der Waals surface area contributed by atoms with Crippen LogP contribution in [0.4, 0.5) is 0 Å².